The highest BCUT2D eigenvalue weighted by atomic mass is 19.4. The molecule has 0 aromatic heterocycles. The normalized spacial score (nSPS) is 21.2. The maximum Gasteiger partial charge on any atom is 0.416 e. The molecule has 0 radical (unpaired) electrons. The van der Waals surface area contributed by atoms with Gasteiger partial charge in [0, 0.05) is 11.7 Å². The summed E-state index contributed by atoms with van der Waals surface area (Å²) in [4.78, 5) is 24.0. The van der Waals surface area contributed by atoms with Gasteiger partial charge in [-0.25, -0.2) is 0 Å². The second-order valence-corrected chi connectivity index (χ2v) is 7.92. The highest BCUT2D eigenvalue weighted by Gasteiger charge is 2.32. The number of halogens is 3. The zero-order chi connectivity index (χ0) is 19.5. The van der Waals surface area contributed by atoms with Gasteiger partial charge in [-0.15, -0.1) is 0 Å². The van der Waals surface area contributed by atoms with E-state index in [1.165, 1.54) is 12.1 Å². The smallest absolute Gasteiger partial charge is 0.345 e. The molecule has 0 aliphatic heterocycles. The summed E-state index contributed by atoms with van der Waals surface area (Å²) < 4.78 is 38.1. The molecule has 4 nitrogen and oxygen atoms in total. The number of amides is 2. The molecule has 0 atom stereocenters. The van der Waals surface area contributed by atoms with Crippen molar-refractivity contribution in [2.45, 2.75) is 58.7 Å². The fourth-order valence-electron chi connectivity index (χ4n) is 3.32. The summed E-state index contributed by atoms with van der Waals surface area (Å²) in [6.45, 7) is 6.58. The highest BCUT2D eigenvalue weighted by Crippen LogP contribution is 2.37. The van der Waals surface area contributed by atoms with Crippen molar-refractivity contribution in [1.29, 1.82) is 0 Å². The Bertz CT molecular complexity index is 657. The van der Waals surface area contributed by atoms with E-state index in [1.807, 2.05) is 0 Å². The first kappa shape index (κ1) is 20.3. The molecule has 0 bridgehead atoms. The van der Waals surface area contributed by atoms with E-state index in [0.29, 0.717) is 5.92 Å². The second kappa shape index (κ2) is 7.68. The predicted molar refractivity (Wildman–Crippen MR) is 93.4 cm³/mol. The molecule has 2 rings (SSSR count). The summed E-state index contributed by atoms with van der Waals surface area (Å²) in [6, 6.07) is 4.13. The number of rotatable bonds is 2. The molecule has 0 heterocycles. The summed E-state index contributed by atoms with van der Waals surface area (Å²) in [5.74, 6) is -1.20. The van der Waals surface area contributed by atoms with E-state index < -0.39 is 23.6 Å². The summed E-state index contributed by atoms with van der Waals surface area (Å²) in [6.07, 6.45) is -0.961. The quantitative estimate of drug-likeness (QED) is 0.760. The van der Waals surface area contributed by atoms with E-state index in [-0.39, 0.29) is 17.1 Å². The molecular formula is C19H25F3N2O2. The van der Waals surface area contributed by atoms with Crippen LogP contribution in [0.4, 0.5) is 18.9 Å². The molecule has 1 aliphatic rings. The average molecular weight is 370 g/mol. The van der Waals surface area contributed by atoms with Gasteiger partial charge in [0.05, 0.1) is 5.56 Å². The van der Waals surface area contributed by atoms with Crippen LogP contribution in [0, 0.1) is 11.3 Å². The standard InChI is InChI=1S/C19H25F3N2O2/c1-18(2,3)12-7-9-14(10-8-12)23-16(25)17(26)24-15-6-4-5-13(11-15)19(20,21)22/h4-6,11-12,14H,7-10H2,1-3H3,(H,23,25)(H,24,26). The van der Waals surface area contributed by atoms with Crippen LogP contribution in [0.15, 0.2) is 24.3 Å². The first-order chi connectivity index (χ1) is 12.0. The third-order valence-corrected chi connectivity index (χ3v) is 4.94. The summed E-state index contributed by atoms with van der Waals surface area (Å²) in [7, 11) is 0. The van der Waals surface area contributed by atoms with E-state index in [4.69, 9.17) is 0 Å². The second-order valence-electron chi connectivity index (χ2n) is 7.92. The molecule has 0 unspecified atom stereocenters. The number of hydrogen-bond donors (Lipinski definition) is 2. The molecular weight excluding hydrogens is 345 g/mol. The summed E-state index contributed by atoms with van der Waals surface area (Å²) in [5.41, 5.74) is -0.719. The van der Waals surface area contributed by atoms with Gasteiger partial charge >= 0.3 is 18.0 Å². The predicted octanol–water partition coefficient (Wildman–Crippen LogP) is 4.37. The number of hydrogen-bond acceptors (Lipinski definition) is 2. The van der Waals surface area contributed by atoms with Gasteiger partial charge in [0.1, 0.15) is 0 Å². The first-order valence-corrected chi connectivity index (χ1v) is 8.76. The Balaban J connectivity index is 1.88. The zero-order valence-electron chi connectivity index (χ0n) is 15.2. The molecule has 1 aliphatic carbocycles. The van der Waals surface area contributed by atoms with Crippen LogP contribution in [0.5, 0.6) is 0 Å². The molecule has 1 aromatic carbocycles. The minimum Gasteiger partial charge on any atom is -0.345 e. The average Bonchev–Trinajstić information content (AvgIpc) is 2.54. The van der Waals surface area contributed by atoms with E-state index >= 15 is 0 Å². The van der Waals surface area contributed by atoms with Gasteiger partial charge in [0.15, 0.2) is 0 Å². The number of anilines is 1. The van der Waals surface area contributed by atoms with Crippen LogP contribution >= 0.6 is 0 Å². The van der Waals surface area contributed by atoms with Crippen LogP contribution in [0.2, 0.25) is 0 Å². The Hall–Kier alpha value is -2.05. The van der Waals surface area contributed by atoms with Gasteiger partial charge < -0.3 is 10.6 Å². The van der Waals surface area contributed by atoms with E-state index in [0.717, 1.165) is 37.8 Å². The van der Waals surface area contributed by atoms with Crippen LogP contribution in [-0.4, -0.2) is 17.9 Å². The first-order valence-electron chi connectivity index (χ1n) is 8.76. The molecule has 0 saturated heterocycles. The Morgan fingerprint density at radius 1 is 1.00 bits per heavy atom. The fraction of sp³-hybridized carbons (Fsp3) is 0.579. The third kappa shape index (κ3) is 5.47. The lowest BCUT2D eigenvalue weighted by Gasteiger charge is -2.37. The number of alkyl halides is 3. The molecule has 2 amide bonds. The minimum absolute atomic E-state index is 0.0589. The fourth-order valence-corrected chi connectivity index (χ4v) is 3.32. The van der Waals surface area contributed by atoms with Gasteiger partial charge in [-0.05, 0) is 55.2 Å². The topological polar surface area (TPSA) is 58.2 Å². The Morgan fingerprint density at radius 2 is 1.62 bits per heavy atom. The van der Waals surface area contributed by atoms with Crippen molar-refractivity contribution in [1.82, 2.24) is 5.32 Å². The number of nitrogens with one attached hydrogen (secondary N) is 2. The summed E-state index contributed by atoms with van der Waals surface area (Å²) in [5, 5.41) is 4.91. The summed E-state index contributed by atoms with van der Waals surface area (Å²) >= 11 is 0. The monoisotopic (exact) mass is 370 g/mol. The zero-order valence-corrected chi connectivity index (χ0v) is 15.2. The van der Waals surface area contributed by atoms with Crippen molar-refractivity contribution < 1.29 is 22.8 Å². The molecule has 1 saturated carbocycles. The Labute approximate surface area is 151 Å². The molecule has 0 spiro atoms. The lowest BCUT2D eigenvalue weighted by atomic mass is 9.71. The molecule has 144 valence electrons. The lowest BCUT2D eigenvalue weighted by Crippen LogP contribution is -2.44. The molecule has 26 heavy (non-hydrogen) atoms. The largest absolute Gasteiger partial charge is 0.416 e. The van der Waals surface area contributed by atoms with Crippen LogP contribution < -0.4 is 10.6 Å². The van der Waals surface area contributed by atoms with Crippen LogP contribution in [0.3, 0.4) is 0 Å². The van der Waals surface area contributed by atoms with Crippen LogP contribution in [-0.2, 0) is 15.8 Å². The SMILES string of the molecule is CC(C)(C)C1CCC(NC(=O)C(=O)Nc2cccc(C(F)(F)F)c2)CC1. The maximum absolute atomic E-state index is 12.7. The Kier molecular flexibility index (Phi) is 5.98. The molecule has 1 fully saturated rings. The van der Waals surface area contributed by atoms with Gasteiger partial charge in [0.25, 0.3) is 0 Å². The number of carbonyl (C=O) groups excluding carboxylic acids is 2. The van der Waals surface area contributed by atoms with Gasteiger partial charge in [-0.2, -0.15) is 13.2 Å². The molecule has 1 aromatic rings. The highest BCUT2D eigenvalue weighted by molar-refractivity contribution is 6.39. The number of benzene rings is 1. The van der Waals surface area contributed by atoms with Crippen LogP contribution in [0.25, 0.3) is 0 Å². The maximum atomic E-state index is 12.7. The van der Waals surface area contributed by atoms with Crippen molar-refractivity contribution in [3.8, 4) is 0 Å². The van der Waals surface area contributed by atoms with Crippen molar-refractivity contribution in [3.05, 3.63) is 29.8 Å². The van der Waals surface area contributed by atoms with E-state index in [2.05, 4.69) is 31.4 Å². The van der Waals surface area contributed by atoms with E-state index in [1.54, 1.807) is 0 Å². The van der Waals surface area contributed by atoms with Crippen molar-refractivity contribution in [2.24, 2.45) is 11.3 Å². The third-order valence-electron chi connectivity index (χ3n) is 4.94. The van der Waals surface area contributed by atoms with Gasteiger partial charge in [0.2, 0.25) is 0 Å². The van der Waals surface area contributed by atoms with Gasteiger partial charge in [-0.3, -0.25) is 9.59 Å². The van der Waals surface area contributed by atoms with E-state index in [9.17, 15) is 22.8 Å². The number of carbonyl (C=O) groups is 2. The minimum atomic E-state index is -4.51. The van der Waals surface area contributed by atoms with Crippen LogP contribution in [0.1, 0.15) is 52.0 Å². The molecule has 2 N–H and O–H groups in total. The van der Waals surface area contributed by atoms with Crippen molar-refractivity contribution in [3.63, 3.8) is 0 Å². The van der Waals surface area contributed by atoms with Crippen molar-refractivity contribution in [2.75, 3.05) is 5.32 Å². The van der Waals surface area contributed by atoms with Gasteiger partial charge in [-0.1, -0.05) is 26.8 Å². The Morgan fingerprint density at radius 3 is 2.15 bits per heavy atom. The molecule has 7 heteroatoms. The lowest BCUT2D eigenvalue weighted by molar-refractivity contribution is -0.137. The van der Waals surface area contributed by atoms with Crippen molar-refractivity contribution >= 4 is 17.5 Å².